The first kappa shape index (κ1) is 13.7. The minimum atomic E-state index is -1.51. The van der Waals surface area contributed by atoms with Crippen molar-refractivity contribution in [2.45, 2.75) is 6.04 Å². The second kappa shape index (κ2) is 5.23. The fraction of sp³-hybridized carbons (Fsp3) is 0.0667. The summed E-state index contributed by atoms with van der Waals surface area (Å²) in [6.45, 7) is 0. The highest BCUT2D eigenvalue weighted by atomic mass is 19.2. The van der Waals surface area contributed by atoms with Crippen molar-refractivity contribution in [1.82, 2.24) is 5.43 Å². The quantitative estimate of drug-likeness (QED) is 0.442. The van der Waals surface area contributed by atoms with Crippen molar-refractivity contribution in [2.75, 3.05) is 0 Å². The predicted molar refractivity (Wildman–Crippen MR) is 71.7 cm³/mol. The van der Waals surface area contributed by atoms with Crippen LogP contribution < -0.4 is 11.3 Å². The largest absolute Gasteiger partial charge is 0.459 e. The van der Waals surface area contributed by atoms with Gasteiger partial charge in [-0.15, -0.1) is 0 Å². The summed E-state index contributed by atoms with van der Waals surface area (Å²) in [5, 5.41) is 0.829. The molecular formula is C15H11F3N2O. The smallest absolute Gasteiger partial charge is 0.194 e. The molecule has 0 saturated carbocycles. The van der Waals surface area contributed by atoms with Crippen LogP contribution in [0.15, 0.2) is 46.9 Å². The van der Waals surface area contributed by atoms with Crippen LogP contribution in [0.4, 0.5) is 13.2 Å². The average molecular weight is 292 g/mol. The van der Waals surface area contributed by atoms with Crippen molar-refractivity contribution in [1.29, 1.82) is 0 Å². The van der Waals surface area contributed by atoms with Crippen LogP contribution in [0.5, 0.6) is 0 Å². The van der Waals surface area contributed by atoms with Gasteiger partial charge in [0.05, 0.1) is 0 Å². The van der Waals surface area contributed by atoms with E-state index < -0.39 is 23.5 Å². The summed E-state index contributed by atoms with van der Waals surface area (Å²) in [6.07, 6.45) is 0. The highest BCUT2D eigenvalue weighted by Crippen LogP contribution is 2.29. The number of hydrazine groups is 1. The standard InChI is InChI=1S/C15H11F3N2O/c16-10-5-9(6-11(17)14(10)18)15(20-19)13-7-8-3-1-2-4-12(8)21-13/h1-7,15,20H,19H2. The lowest BCUT2D eigenvalue weighted by Crippen LogP contribution is -2.28. The van der Waals surface area contributed by atoms with Crippen LogP contribution in [0.1, 0.15) is 17.4 Å². The molecule has 1 unspecified atom stereocenters. The Morgan fingerprint density at radius 2 is 1.67 bits per heavy atom. The number of para-hydroxylation sites is 1. The fourth-order valence-corrected chi connectivity index (χ4v) is 2.23. The summed E-state index contributed by atoms with van der Waals surface area (Å²) in [7, 11) is 0. The van der Waals surface area contributed by atoms with Gasteiger partial charge in [0.2, 0.25) is 0 Å². The monoisotopic (exact) mass is 292 g/mol. The zero-order valence-electron chi connectivity index (χ0n) is 10.7. The van der Waals surface area contributed by atoms with E-state index >= 15 is 0 Å². The highest BCUT2D eigenvalue weighted by Gasteiger charge is 2.21. The Morgan fingerprint density at radius 3 is 2.29 bits per heavy atom. The SMILES string of the molecule is NNC(c1cc(F)c(F)c(F)c1)c1cc2ccccc2o1. The molecule has 3 nitrogen and oxygen atoms in total. The summed E-state index contributed by atoms with van der Waals surface area (Å²) in [5.41, 5.74) is 3.17. The number of nitrogens with two attached hydrogens (primary N) is 1. The Bertz CT molecular complexity index is 744. The van der Waals surface area contributed by atoms with Crippen LogP contribution in [0.3, 0.4) is 0 Å². The van der Waals surface area contributed by atoms with Gasteiger partial charge >= 0.3 is 0 Å². The van der Waals surface area contributed by atoms with Gasteiger partial charge in [0.25, 0.3) is 0 Å². The molecule has 0 aliphatic rings. The molecule has 3 aromatic rings. The van der Waals surface area contributed by atoms with Crippen molar-refractivity contribution in [3.63, 3.8) is 0 Å². The lowest BCUT2D eigenvalue weighted by Gasteiger charge is -2.14. The van der Waals surface area contributed by atoms with Crippen LogP contribution in [0.25, 0.3) is 11.0 Å². The highest BCUT2D eigenvalue weighted by molar-refractivity contribution is 5.77. The van der Waals surface area contributed by atoms with E-state index in [9.17, 15) is 13.2 Å². The van der Waals surface area contributed by atoms with E-state index in [2.05, 4.69) is 5.43 Å². The van der Waals surface area contributed by atoms with E-state index in [-0.39, 0.29) is 5.56 Å². The molecule has 0 saturated heterocycles. The molecule has 0 spiro atoms. The molecular weight excluding hydrogens is 281 g/mol. The second-order valence-electron chi connectivity index (χ2n) is 4.58. The molecule has 0 radical (unpaired) electrons. The number of furan rings is 1. The Labute approximate surface area is 118 Å². The number of rotatable bonds is 3. The Balaban J connectivity index is 2.09. The zero-order valence-corrected chi connectivity index (χ0v) is 10.7. The second-order valence-corrected chi connectivity index (χ2v) is 4.58. The van der Waals surface area contributed by atoms with Gasteiger partial charge < -0.3 is 4.42 Å². The van der Waals surface area contributed by atoms with E-state index in [0.717, 1.165) is 17.5 Å². The fourth-order valence-electron chi connectivity index (χ4n) is 2.23. The van der Waals surface area contributed by atoms with Crippen molar-refractivity contribution < 1.29 is 17.6 Å². The van der Waals surface area contributed by atoms with Crippen molar-refractivity contribution in [3.8, 4) is 0 Å². The summed E-state index contributed by atoms with van der Waals surface area (Å²) < 4.78 is 45.3. The van der Waals surface area contributed by atoms with Crippen LogP contribution in [0.2, 0.25) is 0 Å². The number of fused-ring (bicyclic) bond motifs is 1. The summed E-state index contributed by atoms with van der Waals surface area (Å²) in [4.78, 5) is 0. The molecule has 3 N–H and O–H groups in total. The molecule has 108 valence electrons. The molecule has 0 aliphatic heterocycles. The molecule has 0 fully saturated rings. The van der Waals surface area contributed by atoms with E-state index in [0.29, 0.717) is 11.3 Å². The van der Waals surface area contributed by atoms with Crippen LogP contribution >= 0.6 is 0 Å². The lowest BCUT2D eigenvalue weighted by molar-refractivity contribution is 0.435. The molecule has 3 rings (SSSR count). The minimum absolute atomic E-state index is 0.132. The molecule has 1 atom stereocenters. The third kappa shape index (κ3) is 2.39. The number of benzene rings is 2. The third-order valence-electron chi connectivity index (χ3n) is 3.24. The van der Waals surface area contributed by atoms with Crippen molar-refractivity contribution in [3.05, 3.63) is 71.2 Å². The average Bonchev–Trinajstić information content (AvgIpc) is 2.89. The topological polar surface area (TPSA) is 51.2 Å². The van der Waals surface area contributed by atoms with Crippen LogP contribution in [0, 0.1) is 17.5 Å². The van der Waals surface area contributed by atoms with E-state index in [4.69, 9.17) is 10.3 Å². The Hall–Kier alpha value is -2.31. The first-order valence-corrected chi connectivity index (χ1v) is 6.19. The predicted octanol–water partition coefficient (Wildman–Crippen LogP) is 3.40. The molecule has 0 aliphatic carbocycles. The van der Waals surface area contributed by atoms with E-state index in [1.807, 2.05) is 12.1 Å². The Morgan fingerprint density at radius 1 is 1.00 bits per heavy atom. The first-order valence-electron chi connectivity index (χ1n) is 6.19. The van der Waals surface area contributed by atoms with Gasteiger partial charge in [0.1, 0.15) is 17.4 Å². The van der Waals surface area contributed by atoms with Crippen molar-refractivity contribution >= 4 is 11.0 Å². The molecule has 2 aromatic carbocycles. The maximum atomic E-state index is 13.3. The Kier molecular flexibility index (Phi) is 3.40. The summed E-state index contributed by atoms with van der Waals surface area (Å²) >= 11 is 0. The van der Waals surface area contributed by atoms with E-state index in [1.165, 1.54) is 0 Å². The zero-order chi connectivity index (χ0) is 15.0. The molecule has 0 bridgehead atoms. The van der Waals surface area contributed by atoms with E-state index in [1.54, 1.807) is 18.2 Å². The maximum absolute atomic E-state index is 13.3. The molecule has 21 heavy (non-hydrogen) atoms. The van der Waals surface area contributed by atoms with Gasteiger partial charge in [-0.05, 0) is 29.8 Å². The number of nitrogens with one attached hydrogen (secondary N) is 1. The van der Waals surface area contributed by atoms with Crippen LogP contribution in [-0.2, 0) is 0 Å². The first-order chi connectivity index (χ1) is 10.1. The molecule has 0 amide bonds. The lowest BCUT2D eigenvalue weighted by atomic mass is 10.0. The van der Waals surface area contributed by atoms with Gasteiger partial charge in [-0.3, -0.25) is 5.84 Å². The maximum Gasteiger partial charge on any atom is 0.194 e. The summed E-state index contributed by atoms with van der Waals surface area (Å²) in [5.74, 6) is 1.76. The third-order valence-corrected chi connectivity index (χ3v) is 3.24. The van der Waals surface area contributed by atoms with Gasteiger partial charge in [-0.25, -0.2) is 18.6 Å². The molecule has 1 aromatic heterocycles. The number of hydrogen-bond acceptors (Lipinski definition) is 3. The minimum Gasteiger partial charge on any atom is -0.459 e. The summed E-state index contributed by atoms with van der Waals surface area (Å²) in [6, 6.07) is 9.93. The van der Waals surface area contributed by atoms with Crippen molar-refractivity contribution in [2.24, 2.45) is 5.84 Å². The van der Waals surface area contributed by atoms with Crippen LogP contribution in [-0.4, -0.2) is 0 Å². The molecule has 6 heteroatoms. The van der Waals surface area contributed by atoms with Gasteiger partial charge in [-0.1, -0.05) is 18.2 Å². The van der Waals surface area contributed by atoms with Gasteiger partial charge in [0.15, 0.2) is 17.5 Å². The number of halogens is 3. The number of hydrogen-bond donors (Lipinski definition) is 2. The molecule has 1 heterocycles. The normalized spacial score (nSPS) is 12.8. The van der Waals surface area contributed by atoms with Gasteiger partial charge in [0, 0.05) is 5.39 Å². The van der Waals surface area contributed by atoms with Gasteiger partial charge in [-0.2, -0.15) is 0 Å².